The largest absolute Gasteiger partial charge is 0.496 e. The summed E-state index contributed by atoms with van der Waals surface area (Å²) in [6.07, 6.45) is 0.913. The summed E-state index contributed by atoms with van der Waals surface area (Å²) in [5.74, 6) is 0.385. The van der Waals surface area contributed by atoms with Gasteiger partial charge in [-0.05, 0) is 31.2 Å². The van der Waals surface area contributed by atoms with E-state index in [0.717, 1.165) is 39.3 Å². The van der Waals surface area contributed by atoms with Gasteiger partial charge in [0.2, 0.25) is 0 Å². The molecule has 6 heteroatoms. The van der Waals surface area contributed by atoms with Crippen LogP contribution in [-0.4, -0.2) is 57.3 Å². The Kier molecular flexibility index (Phi) is 5.83. The van der Waals surface area contributed by atoms with Crippen LogP contribution in [0.5, 0.6) is 5.75 Å². The molecular formula is C15H23N3O3. The quantitative estimate of drug-likeness (QED) is 0.597. The van der Waals surface area contributed by atoms with Crippen LogP contribution in [0.2, 0.25) is 0 Å². The fourth-order valence-corrected chi connectivity index (χ4v) is 2.33. The van der Waals surface area contributed by atoms with Gasteiger partial charge in [-0.3, -0.25) is 9.69 Å². The Balaban J connectivity index is 1.77. The van der Waals surface area contributed by atoms with Gasteiger partial charge in [0.1, 0.15) is 5.75 Å². The highest BCUT2D eigenvalue weighted by Gasteiger charge is 2.13. The minimum atomic E-state index is -0.152. The lowest BCUT2D eigenvalue weighted by atomic mass is 10.1. The molecule has 2 rings (SSSR count). The molecule has 1 fully saturated rings. The highest BCUT2D eigenvalue weighted by Crippen LogP contribution is 2.20. The van der Waals surface area contributed by atoms with Gasteiger partial charge >= 0.3 is 0 Å². The van der Waals surface area contributed by atoms with E-state index in [4.69, 9.17) is 15.2 Å². The zero-order valence-corrected chi connectivity index (χ0v) is 12.4. The SMILES string of the molecule is COc1ccc(N)cc1C(=O)NCCCN1CCOCC1. The Hall–Kier alpha value is -1.79. The Bertz CT molecular complexity index is 473. The number of nitrogens with one attached hydrogen (secondary N) is 1. The van der Waals surface area contributed by atoms with Crippen molar-refractivity contribution in [2.75, 3.05) is 52.2 Å². The standard InChI is InChI=1S/C15H23N3O3/c1-20-14-4-3-12(16)11-13(14)15(19)17-5-2-6-18-7-9-21-10-8-18/h3-4,11H,2,5-10,16H2,1H3,(H,17,19). The number of nitrogens with two attached hydrogens (primary N) is 1. The van der Waals surface area contributed by atoms with Crippen LogP contribution in [0.1, 0.15) is 16.8 Å². The molecule has 116 valence electrons. The van der Waals surface area contributed by atoms with E-state index in [2.05, 4.69) is 10.2 Å². The minimum absolute atomic E-state index is 0.152. The lowest BCUT2D eigenvalue weighted by Crippen LogP contribution is -2.38. The number of hydrogen-bond acceptors (Lipinski definition) is 5. The van der Waals surface area contributed by atoms with Gasteiger partial charge < -0.3 is 20.5 Å². The average molecular weight is 293 g/mol. The van der Waals surface area contributed by atoms with E-state index in [1.807, 2.05) is 0 Å². The van der Waals surface area contributed by atoms with Crippen LogP contribution >= 0.6 is 0 Å². The molecule has 21 heavy (non-hydrogen) atoms. The molecule has 1 aliphatic heterocycles. The van der Waals surface area contributed by atoms with E-state index in [1.54, 1.807) is 25.3 Å². The summed E-state index contributed by atoms with van der Waals surface area (Å²) in [4.78, 5) is 14.5. The molecular weight excluding hydrogens is 270 g/mol. The first-order chi connectivity index (χ1) is 10.2. The van der Waals surface area contributed by atoms with Gasteiger partial charge in [0.05, 0.1) is 25.9 Å². The lowest BCUT2D eigenvalue weighted by molar-refractivity contribution is 0.0374. The number of nitrogen functional groups attached to an aromatic ring is 1. The van der Waals surface area contributed by atoms with Crippen molar-refractivity contribution in [2.24, 2.45) is 0 Å². The van der Waals surface area contributed by atoms with Gasteiger partial charge in [-0.15, -0.1) is 0 Å². The number of hydrogen-bond donors (Lipinski definition) is 2. The summed E-state index contributed by atoms with van der Waals surface area (Å²) in [5.41, 5.74) is 6.74. The molecule has 1 aromatic carbocycles. The van der Waals surface area contributed by atoms with E-state index in [0.29, 0.717) is 23.5 Å². The van der Waals surface area contributed by atoms with Crippen molar-refractivity contribution in [1.82, 2.24) is 10.2 Å². The van der Waals surface area contributed by atoms with Gasteiger partial charge in [-0.25, -0.2) is 0 Å². The fourth-order valence-electron chi connectivity index (χ4n) is 2.33. The molecule has 0 radical (unpaired) electrons. The van der Waals surface area contributed by atoms with Gasteiger partial charge in [-0.1, -0.05) is 0 Å². The maximum absolute atomic E-state index is 12.1. The molecule has 1 aromatic rings. The van der Waals surface area contributed by atoms with Gasteiger partial charge in [-0.2, -0.15) is 0 Å². The van der Waals surface area contributed by atoms with Crippen LogP contribution in [0.25, 0.3) is 0 Å². The van der Waals surface area contributed by atoms with Crippen molar-refractivity contribution in [1.29, 1.82) is 0 Å². The van der Waals surface area contributed by atoms with Gasteiger partial charge in [0.25, 0.3) is 5.91 Å². The third kappa shape index (κ3) is 4.61. The first kappa shape index (κ1) is 15.6. The first-order valence-corrected chi connectivity index (χ1v) is 7.22. The molecule has 0 aliphatic carbocycles. The molecule has 1 amide bonds. The monoisotopic (exact) mass is 293 g/mol. The number of methoxy groups -OCH3 is 1. The Labute approximate surface area is 125 Å². The molecule has 6 nitrogen and oxygen atoms in total. The van der Waals surface area contributed by atoms with Crippen molar-refractivity contribution in [3.8, 4) is 5.75 Å². The molecule has 0 spiro atoms. The normalized spacial score (nSPS) is 15.7. The molecule has 0 unspecified atom stereocenters. The molecule has 0 atom stereocenters. The highest BCUT2D eigenvalue weighted by molar-refractivity contribution is 5.97. The summed E-state index contributed by atoms with van der Waals surface area (Å²) < 4.78 is 10.5. The third-order valence-corrected chi connectivity index (χ3v) is 3.51. The smallest absolute Gasteiger partial charge is 0.255 e. The van der Waals surface area contributed by atoms with E-state index < -0.39 is 0 Å². The number of anilines is 1. The summed E-state index contributed by atoms with van der Waals surface area (Å²) in [6, 6.07) is 5.06. The van der Waals surface area contributed by atoms with E-state index in [1.165, 1.54) is 0 Å². The van der Waals surface area contributed by atoms with E-state index in [-0.39, 0.29) is 5.91 Å². The average Bonchev–Trinajstić information content (AvgIpc) is 2.52. The number of carbonyl (C=O) groups excluding carboxylic acids is 1. The second-order valence-electron chi connectivity index (χ2n) is 5.02. The molecule has 0 aromatic heterocycles. The van der Waals surface area contributed by atoms with Crippen molar-refractivity contribution in [2.45, 2.75) is 6.42 Å². The highest BCUT2D eigenvalue weighted by atomic mass is 16.5. The molecule has 0 saturated carbocycles. The topological polar surface area (TPSA) is 76.8 Å². The van der Waals surface area contributed by atoms with E-state index in [9.17, 15) is 4.79 Å². The summed E-state index contributed by atoms with van der Waals surface area (Å²) in [6.45, 7) is 5.14. The first-order valence-electron chi connectivity index (χ1n) is 7.22. The number of benzene rings is 1. The molecule has 1 heterocycles. The number of morpholine rings is 1. The molecule has 3 N–H and O–H groups in total. The fraction of sp³-hybridized carbons (Fsp3) is 0.533. The van der Waals surface area contributed by atoms with Crippen LogP contribution in [0, 0.1) is 0 Å². The van der Waals surface area contributed by atoms with Gasteiger partial charge in [0.15, 0.2) is 0 Å². The Morgan fingerprint density at radius 1 is 1.43 bits per heavy atom. The number of carbonyl (C=O) groups is 1. The summed E-state index contributed by atoms with van der Waals surface area (Å²) >= 11 is 0. The van der Waals surface area contributed by atoms with Crippen molar-refractivity contribution in [3.63, 3.8) is 0 Å². The number of rotatable bonds is 6. The van der Waals surface area contributed by atoms with Crippen LogP contribution < -0.4 is 15.8 Å². The molecule has 1 aliphatic rings. The predicted octanol–water partition coefficient (Wildman–Crippen LogP) is 0.730. The van der Waals surface area contributed by atoms with Crippen molar-refractivity contribution in [3.05, 3.63) is 23.8 Å². The summed E-state index contributed by atoms with van der Waals surface area (Å²) in [7, 11) is 1.54. The third-order valence-electron chi connectivity index (χ3n) is 3.51. The number of ether oxygens (including phenoxy) is 2. The molecule has 0 bridgehead atoms. The molecule has 1 saturated heterocycles. The zero-order chi connectivity index (χ0) is 15.1. The second-order valence-corrected chi connectivity index (χ2v) is 5.02. The Morgan fingerprint density at radius 2 is 2.19 bits per heavy atom. The zero-order valence-electron chi connectivity index (χ0n) is 12.4. The van der Waals surface area contributed by atoms with Crippen LogP contribution in [-0.2, 0) is 4.74 Å². The minimum Gasteiger partial charge on any atom is -0.496 e. The maximum Gasteiger partial charge on any atom is 0.255 e. The van der Waals surface area contributed by atoms with Crippen molar-refractivity contribution < 1.29 is 14.3 Å². The van der Waals surface area contributed by atoms with Crippen LogP contribution in [0.4, 0.5) is 5.69 Å². The number of nitrogens with zero attached hydrogens (tertiary/aromatic N) is 1. The van der Waals surface area contributed by atoms with Crippen LogP contribution in [0.3, 0.4) is 0 Å². The second kappa shape index (κ2) is 7.85. The van der Waals surface area contributed by atoms with Crippen LogP contribution in [0.15, 0.2) is 18.2 Å². The lowest BCUT2D eigenvalue weighted by Gasteiger charge is -2.26. The Morgan fingerprint density at radius 3 is 2.90 bits per heavy atom. The van der Waals surface area contributed by atoms with E-state index >= 15 is 0 Å². The maximum atomic E-state index is 12.1. The predicted molar refractivity (Wildman–Crippen MR) is 81.6 cm³/mol. The summed E-state index contributed by atoms with van der Waals surface area (Å²) in [5, 5.41) is 2.91. The van der Waals surface area contributed by atoms with Crippen molar-refractivity contribution >= 4 is 11.6 Å². The van der Waals surface area contributed by atoms with Gasteiger partial charge in [0, 0.05) is 25.3 Å². The number of amides is 1.